The maximum absolute atomic E-state index is 11.4. The molecule has 1 aromatic carbocycles. The first-order valence-corrected chi connectivity index (χ1v) is 5.06. The van der Waals surface area contributed by atoms with Crippen molar-refractivity contribution in [1.29, 1.82) is 0 Å². The molecule has 15 heavy (non-hydrogen) atoms. The van der Waals surface area contributed by atoms with Crippen molar-refractivity contribution in [3.8, 4) is 0 Å². The average molecular weight is 272 g/mol. The van der Waals surface area contributed by atoms with Gasteiger partial charge in [-0.3, -0.25) is 4.79 Å². The third-order valence-electron chi connectivity index (χ3n) is 1.76. The molecule has 0 bridgehead atoms. The van der Waals surface area contributed by atoms with Gasteiger partial charge in [0.15, 0.2) is 6.10 Å². The zero-order chi connectivity index (χ0) is 11.4. The lowest BCUT2D eigenvalue weighted by Crippen LogP contribution is -2.30. The first-order valence-electron chi connectivity index (χ1n) is 4.26. The van der Waals surface area contributed by atoms with Gasteiger partial charge in [0.05, 0.1) is 5.56 Å². The van der Waals surface area contributed by atoms with E-state index in [9.17, 15) is 9.59 Å². The van der Waals surface area contributed by atoms with E-state index in [4.69, 9.17) is 10.5 Å². The summed E-state index contributed by atoms with van der Waals surface area (Å²) in [6, 6.07) is 6.62. The Kier molecular flexibility index (Phi) is 3.85. The van der Waals surface area contributed by atoms with Gasteiger partial charge in [0, 0.05) is 4.47 Å². The first kappa shape index (κ1) is 11.7. The highest BCUT2D eigenvalue weighted by Gasteiger charge is 2.15. The number of hydrogen-bond donors (Lipinski definition) is 1. The number of ether oxygens (including phenoxy) is 1. The van der Waals surface area contributed by atoms with Crippen LogP contribution in [-0.2, 0) is 9.53 Å². The van der Waals surface area contributed by atoms with Crippen LogP contribution in [0.2, 0.25) is 0 Å². The summed E-state index contributed by atoms with van der Waals surface area (Å²) in [5, 5.41) is 0. The monoisotopic (exact) mass is 271 g/mol. The van der Waals surface area contributed by atoms with Crippen LogP contribution in [-0.4, -0.2) is 18.0 Å². The topological polar surface area (TPSA) is 69.4 Å². The zero-order valence-corrected chi connectivity index (χ0v) is 9.65. The van der Waals surface area contributed by atoms with Crippen LogP contribution in [0.25, 0.3) is 0 Å². The molecule has 1 rings (SSSR count). The highest BCUT2D eigenvalue weighted by molar-refractivity contribution is 9.10. The average Bonchev–Trinajstić information content (AvgIpc) is 2.18. The molecule has 1 unspecified atom stereocenters. The highest BCUT2D eigenvalue weighted by atomic mass is 79.9. The molecule has 4 nitrogen and oxygen atoms in total. The first-order chi connectivity index (χ1) is 7.00. The van der Waals surface area contributed by atoms with Crippen molar-refractivity contribution in [3.05, 3.63) is 34.3 Å². The molecule has 1 amide bonds. The van der Waals surface area contributed by atoms with Gasteiger partial charge in [-0.05, 0) is 31.2 Å². The molecule has 0 aromatic heterocycles. The number of halogens is 1. The molecule has 0 aliphatic rings. The van der Waals surface area contributed by atoms with Gasteiger partial charge in [-0.2, -0.15) is 0 Å². The number of carbonyl (C=O) groups excluding carboxylic acids is 2. The van der Waals surface area contributed by atoms with Crippen LogP contribution < -0.4 is 5.73 Å². The lowest BCUT2D eigenvalue weighted by molar-refractivity contribution is -0.125. The molecule has 80 valence electrons. The van der Waals surface area contributed by atoms with E-state index in [-0.39, 0.29) is 0 Å². The Balaban J connectivity index is 2.69. The number of benzene rings is 1. The molecule has 0 radical (unpaired) electrons. The largest absolute Gasteiger partial charge is 0.449 e. The van der Waals surface area contributed by atoms with Gasteiger partial charge in [0.1, 0.15) is 0 Å². The Morgan fingerprint density at radius 3 is 2.33 bits per heavy atom. The molecule has 0 aliphatic heterocycles. The number of carbonyl (C=O) groups is 2. The molecule has 2 N–H and O–H groups in total. The lowest BCUT2D eigenvalue weighted by Gasteiger charge is -2.09. The predicted molar refractivity (Wildman–Crippen MR) is 58.2 cm³/mol. The van der Waals surface area contributed by atoms with Gasteiger partial charge in [0.25, 0.3) is 5.91 Å². The quantitative estimate of drug-likeness (QED) is 0.847. The molecule has 0 spiro atoms. The second kappa shape index (κ2) is 4.93. The minimum atomic E-state index is -0.916. The van der Waals surface area contributed by atoms with Gasteiger partial charge < -0.3 is 10.5 Å². The molecular weight excluding hydrogens is 262 g/mol. The summed E-state index contributed by atoms with van der Waals surface area (Å²) < 4.78 is 5.67. The van der Waals surface area contributed by atoms with Crippen LogP contribution in [0.15, 0.2) is 28.7 Å². The summed E-state index contributed by atoms with van der Waals surface area (Å²) in [4.78, 5) is 22.1. The molecule has 0 aliphatic carbocycles. The zero-order valence-electron chi connectivity index (χ0n) is 8.07. The molecule has 0 saturated heterocycles. The van der Waals surface area contributed by atoms with E-state index in [1.54, 1.807) is 24.3 Å². The summed E-state index contributed by atoms with van der Waals surface area (Å²) in [5.74, 6) is -1.23. The third-order valence-corrected chi connectivity index (χ3v) is 2.29. The minimum absolute atomic E-state index is 0.381. The Morgan fingerprint density at radius 2 is 1.87 bits per heavy atom. The van der Waals surface area contributed by atoms with Crippen molar-refractivity contribution in [3.63, 3.8) is 0 Å². The second-order valence-electron chi connectivity index (χ2n) is 2.96. The van der Waals surface area contributed by atoms with Crippen LogP contribution in [0.3, 0.4) is 0 Å². The highest BCUT2D eigenvalue weighted by Crippen LogP contribution is 2.11. The third kappa shape index (κ3) is 3.36. The van der Waals surface area contributed by atoms with Gasteiger partial charge in [-0.25, -0.2) is 4.79 Å². The van der Waals surface area contributed by atoms with Gasteiger partial charge in [-0.1, -0.05) is 15.9 Å². The fourth-order valence-electron chi connectivity index (χ4n) is 0.873. The molecule has 0 heterocycles. The lowest BCUT2D eigenvalue weighted by atomic mass is 10.2. The summed E-state index contributed by atoms with van der Waals surface area (Å²) in [6.07, 6.45) is -0.916. The number of hydrogen-bond acceptors (Lipinski definition) is 3. The maximum atomic E-state index is 11.4. The van der Waals surface area contributed by atoms with Crippen molar-refractivity contribution >= 4 is 27.8 Å². The Bertz CT molecular complexity index is 375. The van der Waals surface area contributed by atoms with Crippen molar-refractivity contribution in [1.82, 2.24) is 0 Å². The molecule has 0 saturated carbocycles. The smallest absolute Gasteiger partial charge is 0.338 e. The predicted octanol–water partition coefficient (Wildman–Crippen LogP) is 1.48. The van der Waals surface area contributed by atoms with Crippen molar-refractivity contribution < 1.29 is 14.3 Å². The maximum Gasteiger partial charge on any atom is 0.338 e. The number of nitrogens with two attached hydrogens (primary N) is 1. The SMILES string of the molecule is CC(OC(=O)c1ccc(Br)cc1)C(N)=O. The summed E-state index contributed by atoms with van der Waals surface area (Å²) in [7, 11) is 0. The van der Waals surface area contributed by atoms with E-state index in [1.807, 2.05) is 0 Å². The van der Waals surface area contributed by atoms with E-state index in [1.165, 1.54) is 6.92 Å². The fraction of sp³-hybridized carbons (Fsp3) is 0.200. The fourth-order valence-corrected chi connectivity index (χ4v) is 1.14. The van der Waals surface area contributed by atoms with E-state index < -0.39 is 18.0 Å². The Labute approximate surface area is 95.5 Å². The number of esters is 1. The van der Waals surface area contributed by atoms with Crippen molar-refractivity contribution in [2.45, 2.75) is 13.0 Å². The van der Waals surface area contributed by atoms with E-state index in [2.05, 4.69) is 15.9 Å². The molecule has 1 aromatic rings. The normalized spacial score (nSPS) is 11.9. The Hall–Kier alpha value is -1.36. The van der Waals surface area contributed by atoms with Crippen molar-refractivity contribution in [2.24, 2.45) is 5.73 Å². The van der Waals surface area contributed by atoms with Gasteiger partial charge in [0.2, 0.25) is 0 Å². The van der Waals surface area contributed by atoms with Crippen LogP contribution in [0.1, 0.15) is 17.3 Å². The van der Waals surface area contributed by atoms with Gasteiger partial charge in [-0.15, -0.1) is 0 Å². The minimum Gasteiger partial charge on any atom is -0.449 e. The summed E-state index contributed by atoms with van der Waals surface area (Å²) in [5.41, 5.74) is 5.34. The molecule has 1 atom stereocenters. The second-order valence-corrected chi connectivity index (χ2v) is 3.87. The Morgan fingerprint density at radius 1 is 1.33 bits per heavy atom. The van der Waals surface area contributed by atoms with Crippen molar-refractivity contribution in [2.75, 3.05) is 0 Å². The molecular formula is C10H10BrNO3. The van der Waals surface area contributed by atoms with Crippen LogP contribution in [0.4, 0.5) is 0 Å². The number of primary amides is 1. The van der Waals surface area contributed by atoms with Crippen LogP contribution >= 0.6 is 15.9 Å². The van der Waals surface area contributed by atoms with E-state index >= 15 is 0 Å². The van der Waals surface area contributed by atoms with E-state index in [0.717, 1.165) is 4.47 Å². The van der Waals surface area contributed by atoms with Crippen LogP contribution in [0, 0.1) is 0 Å². The van der Waals surface area contributed by atoms with E-state index in [0.29, 0.717) is 5.56 Å². The molecule has 5 heteroatoms. The standard InChI is InChI=1S/C10H10BrNO3/c1-6(9(12)13)15-10(14)7-2-4-8(11)5-3-7/h2-6H,1H3,(H2,12,13). The summed E-state index contributed by atoms with van der Waals surface area (Å²) in [6.45, 7) is 1.43. The van der Waals surface area contributed by atoms with Crippen LogP contribution in [0.5, 0.6) is 0 Å². The number of amides is 1. The number of rotatable bonds is 3. The summed E-state index contributed by atoms with van der Waals surface area (Å²) >= 11 is 3.24. The molecule has 0 fully saturated rings. The van der Waals surface area contributed by atoms with Gasteiger partial charge >= 0.3 is 5.97 Å².